The van der Waals surface area contributed by atoms with E-state index < -0.39 is 5.91 Å². The molecule has 0 spiro atoms. The van der Waals surface area contributed by atoms with Gasteiger partial charge >= 0.3 is 0 Å². The van der Waals surface area contributed by atoms with E-state index in [2.05, 4.69) is 40.6 Å². The van der Waals surface area contributed by atoms with Crippen molar-refractivity contribution in [2.24, 2.45) is 10.2 Å². The first-order chi connectivity index (χ1) is 16.7. The summed E-state index contributed by atoms with van der Waals surface area (Å²) in [5.41, 5.74) is 0.157. The Kier molecular flexibility index (Phi) is 5.17. The van der Waals surface area contributed by atoms with Gasteiger partial charge in [-0.2, -0.15) is 15.0 Å². The monoisotopic (exact) mass is 450 g/mol. The fourth-order valence-corrected chi connectivity index (χ4v) is 3.26. The molecule has 164 valence electrons. The van der Waals surface area contributed by atoms with Gasteiger partial charge in [-0.25, -0.2) is 15.0 Å². The van der Waals surface area contributed by atoms with Crippen LogP contribution in [0.3, 0.4) is 0 Å². The molecule has 0 aliphatic rings. The fraction of sp³-hybridized carbons (Fsp3) is 0. The van der Waals surface area contributed by atoms with Crippen LogP contribution in [0.25, 0.3) is 16.7 Å². The van der Waals surface area contributed by atoms with Gasteiger partial charge < -0.3 is 10.1 Å². The van der Waals surface area contributed by atoms with Crippen molar-refractivity contribution >= 4 is 34.1 Å². The second kappa shape index (κ2) is 8.60. The van der Waals surface area contributed by atoms with E-state index >= 15 is 0 Å². The highest BCUT2D eigenvalue weighted by Gasteiger charge is 2.20. The Bertz CT molecular complexity index is 1570. The van der Waals surface area contributed by atoms with Gasteiger partial charge in [-0.1, -0.05) is 24.3 Å². The lowest BCUT2D eigenvalue weighted by molar-refractivity contribution is 0.102. The first kappa shape index (κ1) is 20.5. The van der Waals surface area contributed by atoms with E-state index in [1.807, 2.05) is 6.07 Å². The van der Waals surface area contributed by atoms with E-state index in [-0.39, 0.29) is 40.3 Å². The Morgan fingerprint density at radius 3 is 2.71 bits per heavy atom. The van der Waals surface area contributed by atoms with Gasteiger partial charge in [0.05, 0.1) is 11.8 Å². The van der Waals surface area contributed by atoms with Crippen LogP contribution >= 0.6 is 0 Å². The number of aromatic hydroxyl groups is 1. The number of carbonyl (C=O) groups excluding carboxylic acids is 1. The Morgan fingerprint density at radius 2 is 1.94 bits per heavy atom. The van der Waals surface area contributed by atoms with E-state index in [1.54, 1.807) is 42.6 Å². The molecule has 0 saturated carbocycles. The van der Waals surface area contributed by atoms with Gasteiger partial charge in [-0.05, 0) is 17.5 Å². The number of imidazole rings is 1. The highest BCUT2D eigenvalue weighted by Crippen LogP contribution is 2.39. The quantitative estimate of drug-likeness (QED) is 0.342. The SMILES string of the molecule is N#Cc1cnn(-c2ncccn2)c1/N=N/c1c(O)c(C(=O)Nc2ncc[nH]2)cc2ccccc12. The molecule has 0 saturated heterocycles. The Morgan fingerprint density at radius 1 is 1.12 bits per heavy atom. The number of azo groups is 1. The highest BCUT2D eigenvalue weighted by atomic mass is 16.3. The van der Waals surface area contributed by atoms with Gasteiger partial charge in [-0.3, -0.25) is 10.1 Å². The van der Waals surface area contributed by atoms with Gasteiger partial charge in [0.25, 0.3) is 11.9 Å². The molecule has 3 aromatic heterocycles. The smallest absolute Gasteiger partial charge is 0.261 e. The summed E-state index contributed by atoms with van der Waals surface area (Å²) in [6.45, 7) is 0. The summed E-state index contributed by atoms with van der Waals surface area (Å²) in [4.78, 5) is 27.8. The molecule has 5 aromatic rings. The second-order valence-electron chi connectivity index (χ2n) is 6.89. The fourth-order valence-electron chi connectivity index (χ4n) is 3.26. The molecule has 34 heavy (non-hydrogen) atoms. The summed E-state index contributed by atoms with van der Waals surface area (Å²) in [5, 5.41) is 36.8. The van der Waals surface area contributed by atoms with Crippen molar-refractivity contribution < 1.29 is 9.90 Å². The number of nitrogens with one attached hydrogen (secondary N) is 2. The number of nitrogens with zero attached hydrogens (tertiary/aromatic N) is 8. The molecule has 0 fully saturated rings. The van der Waals surface area contributed by atoms with Crippen molar-refractivity contribution in [3.8, 4) is 17.8 Å². The molecule has 0 atom stereocenters. The van der Waals surface area contributed by atoms with Crippen LogP contribution in [-0.2, 0) is 0 Å². The zero-order valence-electron chi connectivity index (χ0n) is 17.3. The van der Waals surface area contributed by atoms with E-state index in [0.29, 0.717) is 10.8 Å². The van der Waals surface area contributed by atoms with E-state index in [4.69, 9.17) is 0 Å². The maximum absolute atomic E-state index is 12.8. The summed E-state index contributed by atoms with van der Waals surface area (Å²) in [5.74, 6) is -0.477. The van der Waals surface area contributed by atoms with Crippen LogP contribution in [-0.4, -0.2) is 40.7 Å². The van der Waals surface area contributed by atoms with Gasteiger partial charge in [0.1, 0.15) is 17.3 Å². The van der Waals surface area contributed by atoms with Crippen molar-refractivity contribution in [3.63, 3.8) is 0 Å². The van der Waals surface area contributed by atoms with Crippen LogP contribution in [0.5, 0.6) is 5.75 Å². The third-order valence-electron chi connectivity index (χ3n) is 4.82. The average Bonchev–Trinajstić information content (AvgIpc) is 3.53. The number of anilines is 1. The first-order valence-corrected chi connectivity index (χ1v) is 9.88. The van der Waals surface area contributed by atoms with Crippen molar-refractivity contribution in [2.75, 3.05) is 5.32 Å². The maximum Gasteiger partial charge on any atom is 0.261 e. The zero-order valence-corrected chi connectivity index (χ0v) is 17.3. The molecule has 3 heterocycles. The number of carbonyl (C=O) groups is 1. The Hall–Kier alpha value is -5.44. The molecule has 1 amide bonds. The second-order valence-corrected chi connectivity index (χ2v) is 6.89. The van der Waals surface area contributed by atoms with Crippen molar-refractivity contribution in [1.29, 1.82) is 5.26 Å². The molecule has 3 N–H and O–H groups in total. The van der Waals surface area contributed by atoms with Crippen LogP contribution in [0.15, 0.2) is 77.6 Å². The van der Waals surface area contributed by atoms with Gasteiger partial charge in [0, 0.05) is 30.2 Å². The van der Waals surface area contributed by atoms with Crippen LogP contribution in [0.1, 0.15) is 15.9 Å². The van der Waals surface area contributed by atoms with Crippen LogP contribution in [0.2, 0.25) is 0 Å². The lowest BCUT2D eigenvalue weighted by atomic mass is 10.0. The lowest BCUT2D eigenvalue weighted by Crippen LogP contribution is -2.13. The number of H-pyrrole nitrogens is 1. The summed E-state index contributed by atoms with van der Waals surface area (Å²) in [6.07, 6.45) is 7.41. The van der Waals surface area contributed by atoms with E-state index in [1.165, 1.54) is 29.5 Å². The molecule has 5 rings (SSSR count). The highest BCUT2D eigenvalue weighted by molar-refractivity contribution is 6.11. The number of amides is 1. The predicted molar refractivity (Wildman–Crippen MR) is 120 cm³/mol. The number of hydrogen-bond donors (Lipinski definition) is 3. The number of phenols is 1. The number of phenolic OH excluding ortho intramolecular Hbond substituents is 1. The normalized spacial score (nSPS) is 11.0. The third-order valence-corrected chi connectivity index (χ3v) is 4.82. The predicted octanol–water partition coefficient (Wildman–Crippen LogP) is 3.78. The Labute approximate surface area is 191 Å². The lowest BCUT2D eigenvalue weighted by Gasteiger charge is -2.10. The summed E-state index contributed by atoms with van der Waals surface area (Å²) >= 11 is 0. The molecule has 12 nitrogen and oxygen atoms in total. The average molecular weight is 450 g/mol. The van der Waals surface area contributed by atoms with Crippen LogP contribution in [0, 0.1) is 11.3 Å². The van der Waals surface area contributed by atoms with Gasteiger partial charge in [0.15, 0.2) is 11.6 Å². The number of nitriles is 1. The summed E-state index contributed by atoms with van der Waals surface area (Å²) in [7, 11) is 0. The van der Waals surface area contributed by atoms with Crippen LogP contribution in [0.4, 0.5) is 17.5 Å². The molecular formula is C22H14N10O2. The van der Waals surface area contributed by atoms with Crippen molar-refractivity contribution in [3.05, 3.63) is 78.5 Å². The number of benzene rings is 2. The number of hydrogen-bond acceptors (Lipinski definition) is 9. The third kappa shape index (κ3) is 3.69. The standard InChI is InChI=1S/C22H14N10O2/c23-11-14-12-28-32(22-26-6-3-7-27-22)19(14)31-30-17-15-5-2-1-4-13(15)10-16(18(17)33)20(34)29-21-24-8-9-25-21/h1-10,12,33H,(H2,24,25,29,34)/b31-30+. The van der Waals surface area contributed by atoms with Gasteiger partial charge in [-0.15, -0.1) is 10.2 Å². The number of aromatic nitrogens is 6. The first-order valence-electron chi connectivity index (χ1n) is 9.88. The number of rotatable bonds is 5. The number of fused-ring (bicyclic) bond motifs is 1. The molecule has 0 bridgehead atoms. The minimum absolute atomic E-state index is 0.0237. The molecule has 0 aliphatic carbocycles. The van der Waals surface area contributed by atoms with Crippen molar-refractivity contribution in [2.45, 2.75) is 0 Å². The molecular weight excluding hydrogens is 436 g/mol. The molecule has 0 radical (unpaired) electrons. The molecule has 0 unspecified atom stereocenters. The number of aromatic amines is 1. The van der Waals surface area contributed by atoms with E-state index in [9.17, 15) is 15.2 Å². The van der Waals surface area contributed by atoms with Gasteiger partial charge in [0.2, 0.25) is 5.95 Å². The van der Waals surface area contributed by atoms with E-state index in [0.717, 1.165) is 0 Å². The maximum atomic E-state index is 12.8. The minimum atomic E-state index is -0.588. The molecule has 2 aromatic carbocycles. The zero-order chi connectivity index (χ0) is 23.5. The van der Waals surface area contributed by atoms with Crippen LogP contribution < -0.4 is 5.32 Å². The molecule has 12 heteroatoms. The Balaban J connectivity index is 1.62. The summed E-state index contributed by atoms with van der Waals surface area (Å²) in [6, 6.07) is 12.3. The largest absolute Gasteiger partial charge is 0.505 e. The minimum Gasteiger partial charge on any atom is -0.505 e. The topological polar surface area (TPSA) is 170 Å². The molecule has 0 aliphatic heterocycles. The van der Waals surface area contributed by atoms with Crippen molar-refractivity contribution in [1.82, 2.24) is 29.7 Å². The summed E-state index contributed by atoms with van der Waals surface area (Å²) < 4.78 is 1.26.